The third kappa shape index (κ3) is 17.9. The van der Waals surface area contributed by atoms with Gasteiger partial charge in [-0.3, -0.25) is 9.98 Å². The van der Waals surface area contributed by atoms with Crippen LogP contribution in [0.15, 0.2) is 125 Å². The highest BCUT2D eigenvalue weighted by molar-refractivity contribution is 5.94. The number of nitriles is 1. The van der Waals surface area contributed by atoms with Crippen LogP contribution in [0.1, 0.15) is 175 Å². The highest BCUT2D eigenvalue weighted by Gasteiger charge is 2.19. The molecule has 0 radical (unpaired) electrons. The smallest absolute Gasteiger partial charge is 0.343 e. The third-order valence-electron chi connectivity index (χ3n) is 11.2. The van der Waals surface area contributed by atoms with Crippen molar-refractivity contribution >= 4 is 47.7 Å². The Morgan fingerprint density at radius 3 is 1.12 bits per heavy atom. The van der Waals surface area contributed by atoms with Crippen LogP contribution in [0.3, 0.4) is 0 Å². The normalized spacial score (nSPS) is 11.1. The molecule has 354 valence electrons. The highest BCUT2D eigenvalue weighted by Crippen LogP contribution is 2.30. The molecule has 0 atom stereocenters. The second-order valence-electron chi connectivity index (χ2n) is 16.6. The van der Waals surface area contributed by atoms with Crippen molar-refractivity contribution in [1.82, 2.24) is 0 Å². The van der Waals surface area contributed by atoms with Gasteiger partial charge in [0.25, 0.3) is 0 Å². The second-order valence-corrected chi connectivity index (χ2v) is 16.6. The summed E-state index contributed by atoms with van der Waals surface area (Å²) in [5, 5.41) is 9.99. The number of unbranched alkanes of at least 4 members (excludes halogenated alkanes) is 14. The first kappa shape index (κ1) is 51.8. The number of hydrogen-bond donors (Lipinski definition) is 0. The van der Waals surface area contributed by atoms with E-state index in [0.29, 0.717) is 35.7 Å². The molecule has 5 aromatic rings. The van der Waals surface area contributed by atoms with Crippen molar-refractivity contribution in [3.05, 3.63) is 154 Å². The van der Waals surface area contributed by atoms with Gasteiger partial charge in [-0.1, -0.05) is 134 Å². The number of ether oxygens (including phenoxy) is 4. The van der Waals surface area contributed by atoms with E-state index in [0.717, 1.165) is 36.8 Å². The van der Waals surface area contributed by atoms with E-state index in [1.165, 1.54) is 95.2 Å². The van der Waals surface area contributed by atoms with Gasteiger partial charge in [0.05, 0.1) is 46.8 Å². The number of carbonyl (C=O) groups excluding carboxylic acids is 4. The van der Waals surface area contributed by atoms with Crippen molar-refractivity contribution in [3.8, 4) is 17.6 Å². The molecule has 0 amide bonds. The minimum Gasteiger partial charge on any atom is -0.462 e. The number of benzene rings is 5. The molecule has 68 heavy (non-hydrogen) atoms. The summed E-state index contributed by atoms with van der Waals surface area (Å²) in [4.78, 5) is 60.2. The van der Waals surface area contributed by atoms with E-state index in [9.17, 15) is 24.4 Å². The summed E-state index contributed by atoms with van der Waals surface area (Å²) in [5.41, 5.74) is 3.99. The molecule has 0 fully saturated rings. The van der Waals surface area contributed by atoms with Crippen LogP contribution in [-0.2, 0) is 9.47 Å². The van der Waals surface area contributed by atoms with Crippen LogP contribution in [0.4, 0.5) is 11.4 Å². The summed E-state index contributed by atoms with van der Waals surface area (Å²) in [6.45, 7) is 5.26. The fourth-order valence-electron chi connectivity index (χ4n) is 7.15. The average Bonchev–Trinajstić information content (AvgIpc) is 3.37. The van der Waals surface area contributed by atoms with Crippen LogP contribution in [0.25, 0.3) is 0 Å². The van der Waals surface area contributed by atoms with Crippen LogP contribution < -0.4 is 9.47 Å². The van der Waals surface area contributed by atoms with E-state index in [-0.39, 0.29) is 40.1 Å². The van der Waals surface area contributed by atoms with Crippen LogP contribution in [0, 0.1) is 11.3 Å². The fraction of sp³-hybridized carbons (Fsp3) is 0.351. The predicted molar refractivity (Wildman–Crippen MR) is 267 cm³/mol. The molecule has 0 unspecified atom stereocenters. The van der Waals surface area contributed by atoms with E-state index >= 15 is 0 Å². The lowest BCUT2D eigenvalue weighted by molar-refractivity contribution is 0.0488. The summed E-state index contributed by atoms with van der Waals surface area (Å²) < 4.78 is 22.0. The minimum absolute atomic E-state index is 0.0706. The zero-order valence-corrected chi connectivity index (χ0v) is 39.5. The van der Waals surface area contributed by atoms with Crippen molar-refractivity contribution in [1.29, 1.82) is 5.26 Å². The molecule has 0 saturated heterocycles. The maximum atomic E-state index is 13.1. The van der Waals surface area contributed by atoms with Crippen LogP contribution in [0.2, 0.25) is 0 Å². The van der Waals surface area contributed by atoms with Crippen LogP contribution in [-0.4, -0.2) is 49.5 Å². The Balaban J connectivity index is 1.05. The Morgan fingerprint density at radius 2 is 0.765 bits per heavy atom. The van der Waals surface area contributed by atoms with Gasteiger partial charge in [-0.25, -0.2) is 19.2 Å². The number of rotatable bonds is 28. The number of carbonyl (C=O) groups is 4. The molecule has 5 aromatic carbocycles. The van der Waals surface area contributed by atoms with Crippen LogP contribution in [0.5, 0.6) is 11.5 Å². The minimum atomic E-state index is -0.718. The number of hydrogen-bond acceptors (Lipinski definition) is 11. The van der Waals surface area contributed by atoms with Crippen molar-refractivity contribution in [3.63, 3.8) is 0 Å². The Kier molecular flexibility index (Phi) is 22.4. The molecular formula is C57H63N3O8. The zero-order chi connectivity index (χ0) is 48.2. The van der Waals surface area contributed by atoms with Gasteiger partial charge >= 0.3 is 23.9 Å². The molecule has 11 heteroatoms. The molecule has 5 rings (SSSR count). The maximum Gasteiger partial charge on any atom is 0.343 e. The summed E-state index contributed by atoms with van der Waals surface area (Å²) in [6.07, 6.45) is 22.1. The Hall–Kier alpha value is -7.19. The molecule has 0 saturated carbocycles. The topological polar surface area (TPSA) is 154 Å². The molecule has 11 nitrogen and oxygen atoms in total. The summed E-state index contributed by atoms with van der Waals surface area (Å²) in [7, 11) is 0. The Morgan fingerprint density at radius 1 is 0.441 bits per heavy atom. The molecule has 0 N–H and O–H groups in total. The molecule has 0 aliphatic heterocycles. The SMILES string of the molecule is CCCCCCCCCCOC(=O)c1ccc(C=Nc2ccc(C(=O)Oc3cccc(OC(=O)c4ccc(N=Cc5ccc(C(=O)OCCCCCCCCCC)cc5)cc4)c3C#N)cc2)cc1. The largest absolute Gasteiger partial charge is 0.462 e. The Labute approximate surface area is 401 Å². The summed E-state index contributed by atoms with van der Waals surface area (Å²) in [5.74, 6) is -2.27. The predicted octanol–water partition coefficient (Wildman–Crippen LogP) is 14.1. The monoisotopic (exact) mass is 917 g/mol. The van der Waals surface area contributed by atoms with E-state index in [1.54, 1.807) is 109 Å². The Bertz CT molecular complexity index is 2290. The second kappa shape index (κ2) is 29.4. The quantitative estimate of drug-likeness (QED) is 0.0206. The lowest BCUT2D eigenvalue weighted by Gasteiger charge is -2.10. The molecule has 0 aromatic heterocycles. The van der Waals surface area contributed by atoms with Crippen molar-refractivity contribution < 1.29 is 38.1 Å². The molecule has 0 bridgehead atoms. The molecule has 0 spiro atoms. The van der Waals surface area contributed by atoms with E-state index in [1.807, 2.05) is 6.07 Å². The fourth-order valence-corrected chi connectivity index (χ4v) is 7.15. The average molecular weight is 918 g/mol. The number of aliphatic imine (C=N–C) groups is 2. The van der Waals surface area contributed by atoms with Gasteiger partial charge in [-0.05, 0) is 109 Å². The van der Waals surface area contributed by atoms with Gasteiger partial charge in [0.2, 0.25) is 0 Å². The molecular weight excluding hydrogens is 855 g/mol. The van der Waals surface area contributed by atoms with Gasteiger partial charge in [0, 0.05) is 12.4 Å². The lowest BCUT2D eigenvalue weighted by atomic mass is 10.1. The van der Waals surface area contributed by atoms with E-state index in [4.69, 9.17) is 18.9 Å². The van der Waals surface area contributed by atoms with Gasteiger partial charge < -0.3 is 18.9 Å². The van der Waals surface area contributed by atoms with Crippen LogP contribution >= 0.6 is 0 Å². The summed E-state index contributed by atoms with van der Waals surface area (Å²) in [6, 6.07) is 33.2. The number of nitrogens with zero attached hydrogens (tertiary/aromatic N) is 3. The van der Waals surface area contributed by atoms with E-state index in [2.05, 4.69) is 23.8 Å². The maximum absolute atomic E-state index is 13.1. The van der Waals surface area contributed by atoms with Gasteiger partial charge in [-0.2, -0.15) is 5.26 Å². The first-order valence-corrected chi connectivity index (χ1v) is 24.1. The lowest BCUT2D eigenvalue weighted by Crippen LogP contribution is -2.12. The van der Waals surface area contributed by atoms with Gasteiger partial charge in [0.1, 0.15) is 11.6 Å². The molecule has 0 aliphatic carbocycles. The number of esters is 4. The van der Waals surface area contributed by atoms with Gasteiger partial charge in [0.15, 0.2) is 11.5 Å². The van der Waals surface area contributed by atoms with Crippen molar-refractivity contribution in [2.45, 2.75) is 117 Å². The first-order valence-electron chi connectivity index (χ1n) is 24.1. The van der Waals surface area contributed by atoms with Crippen molar-refractivity contribution in [2.75, 3.05) is 13.2 Å². The van der Waals surface area contributed by atoms with E-state index < -0.39 is 11.9 Å². The highest BCUT2D eigenvalue weighted by atomic mass is 16.6. The summed E-state index contributed by atoms with van der Waals surface area (Å²) >= 11 is 0. The van der Waals surface area contributed by atoms with Crippen molar-refractivity contribution in [2.24, 2.45) is 9.98 Å². The first-order chi connectivity index (χ1) is 33.3. The molecule has 0 aliphatic rings. The third-order valence-corrected chi connectivity index (χ3v) is 11.2. The van der Waals surface area contributed by atoms with Gasteiger partial charge in [-0.15, -0.1) is 0 Å². The molecule has 0 heterocycles. The standard InChI is InChI=1S/C57H63N3O8/c1-3-5-7-9-11-13-15-17-38-65-54(61)45-26-22-43(23-27-45)41-59-49-34-30-47(31-35-49)56(63)67-52-20-19-21-53(51(52)40-58)68-57(64)48-32-36-50(37-33-48)60-42-44-24-28-46(29-25-44)55(62)66-39-18-16-14-12-10-8-6-4-2/h19-37,41-42H,3-18,38-39H2,1-2H3. The zero-order valence-electron chi connectivity index (χ0n) is 39.5.